The summed E-state index contributed by atoms with van der Waals surface area (Å²) < 4.78 is 5.48. The molecule has 1 aromatic carbocycles. The highest BCUT2D eigenvalue weighted by molar-refractivity contribution is 6.33. The van der Waals surface area contributed by atoms with Crippen molar-refractivity contribution in [2.24, 2.45) is 0 Å². The van der Waals surface area contributed by atoms with Gasteiger partial charge in [-0.1, -0.05) is 11.6 Å². The van der Waals surface area contributed by atoms with Crippen LogP contribution in [0.4, 0.5) is 10.5 Å². The molecule has 1 aromatic rings. The Morgan fingerprint density at radius 3 is 2.79 bits per heavy atom. The van der Waals surface area contributed by atoms with E-state index >= 15 is 0 Å². The third-order valence-corrected chi connectivity index (χ3v) is 4.09. The molecule has 1 aliphatic heterocycles. The second-order valence-electron chi connectivity index (χ2n) is 7.07. The third kappa shape index (κ3) is 5.31. The summed E-state index contributed by atoms with van der Waals surface area (Å²) in [6.45, 7) is 6.89. The van der Waals surface area contributed by atoms with Crippen molar-refractivity contribution in [3.05, 3.63) is 28.8 Å². The van der Waals surface area contributed by atoms with Gasteiger partial charge in [-0.15, -0.1) is 0 Å². The molecule has 0 bridgehead atoms. The van der Waals surface area contributed by atoms with Crippen LogP contribution in [0.5, 0.6) is 0 Å². The second kappa shape index (κ2) is 7.76. The number of likely N-dealkylation sites (tertiary alicyclic amines) is 1. The molecule has 0 aromatic heterocycles. The quantitative estimate of drug-likeness (QED) is 0.858. The number of carbonyl (C=O) groups is 1. The first-order chi connectivity index (χ1) is 11.3. The maximum Gasteiger partial charge on any atom is 0.410 e. The number of ether oxygens (including phenoxy) is 1. The molecule has 24 heavy (non-hydrogen) atoms. The molecular formula is C18H24ClN3O2. The number of nitrogens with one attached hydrogen (secondary N) is 1. The Balaban J connectivity index is 2.05. The highest BCUT2D eigenvalue weighted by Crippen LogP contribution is 2.25. The van der Waals surface area contributed by atoms with Gasteiger partial charge >= 0.3 is 6.09 Å². The SMILES string of the molecule is CC(C)(C)OC(=O)N1CCCCC(Nc2ccc(C#N)cc2Cl)C1. The van der Waals surface area contributed by atoms with E-state index < -0.39 is 5.60 Å². The molecule has 1 fully saturated rings. The van der Waals surface area contributed by atoms with E-state index in [1.807, 2.05) is 26.8 Å². The zero-order valence-electron chi connectivity index (χ0n) is 14.4. The van der Waals surface area contributed by atoms with E-state index in [-0.39, 0.29) is 12.1 Å². The van der Waals surface area contributed by atoms with Crippen molar-refractivity contribution < 1.29 is 9.53 Å². The van der Waals surface area contributed by atoms with E-state index in [4.69, 9.17) is 21.6 Å². The van der Waals surface area contributed by atoms with Crippen LogP contribution in [-0.2, 0) is 4.74 Å². The Kier molecular flexibility index (Phi) is 5.95. The maximum absolute atomic E-state index is 12.3. The number of halogens is 1. The van der Waals surface area contributed by atoms with Crippen LogP contribution in [0.1, 0.15) is 45.6 Å². The van der Waals surface area contributed by atoms with Gasteiger partial charge in [0.25, 0.3) is 0 Å². The normalized spacial score (nSPS) is 18.5. The van der Waals surface area contributed by atoms with E-state index in [0.29, 0.717) is 23.7 Å². The molecule has 1 atom stereocenters. The molecule has 1 heterocycles. The zero-order valence-corrected chi connectivity index (χ0v) is 15.2. The van der Waals surface area contributed by atoms with Crippen LogP contribution >= 0.6 is 11.6 Å². The number of nitriles is 1. The molecule has 0 spiro atoms. The molecule has 1 unspecified atom stereocenters. The monoisotopic (exact) mass is 349 g/mol. The lowest BCUT2D eigenvalue weighted by atomic mass is 10.1. The number of hydrogen-bond donors (Lipinski definition) is 1. The van der Waals surface area contributed by atoms with Gasteiger partial charge in [0.15, 0.2) is 0 Å². The van der Waals surface area contributed by atoms with E-state index in [0.717, 1.165) is 24.9 Å². The smallest absolute Gasteiger partial charge is 0.410 e. The third-order valence-electron chi connectivity index (χ3n) is 3.78. The van der Waals surface area contributed by atoms with Gasteiger partial charge in [-0.05, 0) is 58.2 Å². The summed E-state index contributed by atoms with van der Waals surface area (Å²) in [5.41, 5.74) is 0.816. The molecular weight excluding hydrogens is 326 g/mol. The van der Waals surface area contributed by atoms with E-state index in [1.165, 1.54) is 0 Å². The van der Waals surface area contributed by atoms with Gasteiger partial charge in [-0.2, -0.15) is 5.26 Å². The number of benzene rings is 1. The van der Waals surface area contributed by atoms with Crippen molar-refractivity contribution in [3.63, 3.8) is 0 Å². The number of hydrogen-bond acceptors (Lipinski definition) is 4. The Labute approximate surface area is 148 Å². The standard InChI is InChI=1S/C18H24ClN3O2/c1-18(2,3)24-17(23)22-9-5-4-6-14(12-22)21-16-8-7-13(11-20)10-15(16)19/h7-8,10,14,21H,4-6,9,12H2,1-3H3. The molecule has 1 amide bonds. The zero-order chi connectivity index (χ0) is 17.7. The van der Waals surface area contributed by atoms with Crippen molar-refractivity contribution in [2.45, 2.75) is 51.7 Å². The Bertz CT molecular complexity index is 634. The molecule has 1 aliphatic rings. The van der Waals surface area contributed by atoms with Crippen LogP contribution in [0, 0.1) is 11.3 Å². The fraction of sp³-hybridized carbons (Fsp3) is 0.556. The Morgan fingerprint density at radius 1 is 1.42 bits per heavy atom. The van der Waals surface area contributed by atoms with Gasteiger partial charge < -0.3 is 15.0 Å². The minimum absolute atomic E-state index is 0.102. The number of anilines is 1. The summed E-state index contributed by atoms with van der Waals surface area (Å²) in [5.74, 6) is 0. The van der Waals surface area contributed by atoms with Gasteiger partial charge in [0.05, 0.1) is 22.3 Å². The molecule has 2 rings (SSSR count). The van der Waals surface area contributed by atoms with Crippen molar-refractivity contribution in [3.8, 4) is 6.07 Å². The first-order valence-electron chi connectivity index (χ1n) is 8.22. The predicted octanol–water partition coefficient (Wildman–Crippen LogP) is 4.41. The van der Waals surface area contributed by atoms with E-state index in [9.17, 15) is 4.79 Å². The summed E-state index contributed by atoms with van der Waals surface area (Å²) in [6.07, 6.45) is 2.67. The summed E-state index contributed by atoms with van der Waals surface area (Å²) in [5, 5.41) is 12.8. The van der Waals surface area contributed by atoms with E-state index in [2.05, 4.69) is 11.4 Å². The van der Waals surface area contributed by atoms with Gasteiger partial charge in [0.1, 0.15) is 5.60 Å². The topological polar surface area (TPSA) is 65.4 Å². The predicted molar refractivity (Wildman–Crippen MR) is 95.2 cm³/mol. The minimum Gasteiger partial charge on any atom is -0.444 e. The summed E-state index contributed by atoms with van der Waals surface area (Å²) in [4.78, 5) is 14.1. The first kappa shape index (κ1) is 18.4. The van der Waals surface area contributed by atoms with Gasteiger partial charge in [-0.25, -0.2) is 4.79 Å². The average Bonchev–Trinajstić information content (AvgIpc) is 2.73. The molecule has 0 aliphatic carbocycles. The highest BCUT2D eigenvalue weighted by Gasteiger charge is 2.26. The largest absolute Gasteiger partial charge is 0.444 e. The minimum atomic E-state index is -0.497. The lowest BCUT2D eigenvalue weighted by Crippen LogP contribution is -2.42. The Morgan fingerprint density at radius 2 is 2.17 bits per heavy atom. The number of amides is 1. The molecule has 6 heteroatoms. The molecule has 130 valence electrons. The van der Waals surface area contributed by atoms with Crippen LogP contribution < -0.4 is 5.32 Å². The molecule has 1 N–H and O–H groups in total. The lowest BCUT2D eigenvalue weighted by molar-refractivity contribution is 0.0252. The average molecular weight is 350 g/mol. The van der Waals surface area contributed by atoms with Crippen LogP contribution in [0.3, 0.4) is 0 Å². The molecule has 0 radical (unpaired) electrons. The highest BCUT2D eigenvalue weighted by atomic mass is 35.5. The number of nitrogens with zero attached hydrogens (tertiary/aromatic N) is 2. The van der Waals surface area contributed by atoms with Gasteiger partial charge in [-0.3, -0.25) is 0 Å². The molecule has 5 nitrogen and oxygen atoms in total. The Hall–Kier alpha value is -1.93. The van der Waals surface area contributed by atoms with Crippen molar-refractivity contribution in [2.75, 3.05) is 18.4 Å². The van der Waals surface area contributed by atoms with Crippen LogP contribution in [0.15, 0.2) is 18.2 Å². The van der Waals surface area contributed by atoms with Crippen molar-refractivity contribution >= 4 is 23.4 Å². The summed E-state index contributed by atoms with van der Waals surface area (Å²) in [7, 11) is 0. The summed E-state index contributed by atoms with van der Waals surface area (Å²) >= 11 is 6.24. The van der Waals surface area contributed by atoms with Gasteiger partial charge in [0.2, 0.25) is 0 Å². The first-order valence-corrected chi connectivity index (χ1v) is 8.60. The molecule has 1 saturated heterocycles. The lowest BCUT2D eigenvalue weighted by Gasteiger charge is -2.29. The van der Waals surface area contributed by atoms with Crippen molar-refractivity contribution in [1.82, 2.24) is 4.90 Å². The number of rotatable bonds is 2. The van der Waals surface area contributed by atoms with Crippen LogP contribution in [0.25, 0.3) is 0 Å². The maximum atomic E-state index is 12.3. The molecule has 0 saturated carbocycles. The fourth-order valence-electron chi connectivity index (χ4n) is 2.67. The van der Waals surface area contributed by atoms with Crippen LogP contribution in [-0.4, -0.2) is 35.7 Å². The second-order valence-corrected chi connectivity index (χ2v) is 7.48. The fourth-order valence-corrected chi connectivity index (χ4v) is 2.91. The van der Waals surface area contributed by atoms with Crippen molar-refractivity contribution in [1.29, 1.82) is 5.26 Å². The number of carbonyl (C=O) groups excluding carboxylic acids is 1. The van der Waals surface area contributed by atoms with E-state index in [1.54, 1.807) is 17.0 Å². The van der Waals surface area contributed by atoms with Gasteiger partial charge in [0, 0.05) is 19.1 Å². The van der Waals surface area contributed by atoms with Crippen LogP contribution in [0.2, 0.25) is 5.02 Å². The summed E-state index contributed by atoms with van der Waals surface area (Å²) in [6, 6.07) is 7.36.